The number of nitrogens with zero attached hydrogens (tertiary/aromatic N) is 1. The van der Waals surface area contributed by atoms with Crippen LogP contribution in [0, 0.1) is 11.3 Å². The lowest BCUT2D eigenvalue weighted by Gasteiger charge is -2.10. The highest BCUT2D eigenvalue weighted by molar-refractivity contribution is 6.09. The summed E-state index contributed by atoms with van der Waals surface area (Å²) in [5.41, 5.74) is 0.125. The molecule has 0 aliphatic carbocycles. The molecule has 0 unspecified atom stereocenters. The first kappa shape index (κ1) is 18.7. The van der Waals surface area contributed by atoms with E-state index < -0.39 is 17.8 Å². The summed E-state index contributed by atoms with van der Waals surface area (Å²) < 4.78 is 9.33. The number of rotatable bonds is 7. The molecule has 0 saturated carbocycles. The third kappa shape index (κ3) is 5.46. The average molecular weight is 331 g/mol. The van der Waals surface area contributed by atoms with Crippen molar-refractivity contribution in [2.45, 2.75) is 6.92 Å². The number of anilines is 1. The number of nitriles is 1. The Bertz CT molecular complexity index is 691. The quantitative estimate of drug-likeness (QED) is 0.434. The second-order valence-corrected chi connectivity index (χ2v) is 4.35. The number of para-hydroxylation sites is 1. The summed E-state index contributed by atoms with van der Waals surface area (Å²) in [4.78, 5) is 34.9. The van der Waals surface area contributed by atoms with E-state index in [4.69, 9.17) is 10.00 Å². The van der Waals surface area contributed by atoms with Gasteiger partial charge >= 0.3 is 11.9 Å². The summed E-state index contributed by atoms with van der Waals surface area (Å²) in [6.45, 7) is 1.68. The van der Waals surface area contributed by atoms with E-state index in [0.29, 0.717) is 0 Å². The van der Waals surface area contributed by atoms with Crippen LogP contribution in [0.1, 0.15) is 17.3 Å². The number of hydrogen-bond donors (Lipinski definition) is 2. The van der Waals surface area contributed by atoms with Crippen LogP contribution in [0.2, 0.25) is 0 Å². The summed E-state index contributed by atoms with van der Waals surface area (Å²) in [6.07, 6.45) is 1.10. The molecule has 0 spiro atoms. The van der Waals surface area contributed by atoms with Crippen molar-refractivity contribution >= 4 is 23.5 Å². The smallest absolute Gasteiger partial charge is 0.340 e. The molecule has 1 amide bonds. The van der Waals surface area contributed by atoms with Gasteiger partial charge in [-0.25, -0.2) is 4.79 Å². The third-order valence-electron chi connectivity index (χ3n) is 2.76. The molecule has 0 atom stereocenters. The van der Waals surface area contributed by atoms with Gasteiger partial charge in [0.05, 0.1) is 25.0 Å². The van der Waals surface area contributed by atoms with E-state index in [0.717, 1.165) is 6.20 Å². The van der Waals surface area contributed by atoms with Gasteiger partial charge in [0.25, 0.3) is 5.91 Å². The second kappa shape index (κ2) is 9.63. The summed E-state index contributed by atoms with van der Waals surface area (Å²) in [6, 6.07) is 7.97. The number of benzene rings is 1. The molecule has 8 heteroatoms. The van der Waals surface area contributed by atoms with Crippen LogP contribution in [0.3, 0.4) is 0 Å². The fourth-order valence-corrected chi connectivity index (χ4v) is 1.63. The predicted octanol–water partition coefficient (Wildman–Crippen LogP) is 0.972. The topological polar surface area (TPSA) is 118 Å². The highest BCUT2D eigenvalue weighted by atomic mass is 16.5. The summed E-state index contributed by atoms with van der Waals surface area (Å²) in [7, 11) is 1.22. The Labute approximate surface area is 139 Å². The van der Waals surface area contributed by atoms with E-state index in [1.54, 1.807) is 25.1 Å². The number of carbonyl (C=O) groups excluding carboxylic acids is 3. The third-order valence-corrected chi connectivity index (χ3v) is 2.76. The molecule has 0 radical (unpaired) electrons. The van der Waals surface area contributed by atoms with Gasteiger partial charge in [-0.1, -0.05) is 12.1 Å². The van der Waals surface area contributed by atoms with E-state index in [2.05, 4.69) is 15.4 Å². The van der Waals surface area contributed by atoms with Crippen LogP contribution in [-0.4, -0.2) is 38.1 Å². The number of esters is 2. The van der Waals surface area contributed by atoms with Crippen molar-refractivity contribution < 1.29 is 23.9 Å². The molecule has 0 bridgehead atoms. The number of carbonyl (C=O) groups is 3. The molecule has 0 aromatic heterocycles. The zero-order chi connectivity index (χ0) is 17.9. The van der Waals surface area contributed by atoms with Crippen LogP contribution >= 0.6 is 0 Å². The van der Waals surface area contributed by atoms with Gasteiger partial charge in [0.1, 0.15) is 18.2 Å². The van der Waals surface area contributed by atoms with Gasteiger partial charge in [-0.2, -0.15) is 5.26 Å². The maximum atomic E-state index is 12.1. The molecular weight excluding hydrogens is 314 g/mol. The number of amides is 1. The highest BCUT2D eigenvalue weighted by Crippen LogP contribution is 2.17. The summed E-state index contributed by atoms with van der Waals surface area (Å²) in [5.74, 6) is -1.86. The molecule has 0 fully saturated rings. The monoisotopic (exact) mass is 331 g/mol. The minimum Gasteiger partial charge on any atom is -0.468 e. The Kier molecular flexibility index (Phi) is 7.51. The lowest BCUT2D eigenvalue weighted by Crippen LogP contribution is -2.22. The van der Waals surface area contributed by atoms with Crippen molar-refractivity contribution in [3.8, 4) is 6.07 Å². The molecular formula is C16H17N3O5. The molecule has 0 aliphatic rings. The van der Waals surface area contributed by atoms with Crippen molar-refractivity contribution in [1.29, 1.82) is 5.26 Å². The van der Waals surface area contributed by atoms with Gasteiger partial charge < -0.3 is 20.1 Å². The standard InChI is InChI=1S/C16H17N3O5/c1-3-24-16(22)12-6-4-5-7-13(12)19-15(21)11(8-17)9-18-10-14(20)23-2/h4-7,9,18H,3,10H2,1-2H3,(H,19,21)/b11-9-. The summed E-state index contributed by atoms with van der Waals surface area (Å²) >= 11 is 0. The Morgan fingerprint density at radius 3 is 2.62 bits per heavy atom. The normalized spacial score (nSPS) is 10.3. The van der Waals surface area contributed by atoms with Crippen molar-refractivity contribution in [3.05, 3.63) is 41.6 Å². The Balaban J connectivity index is 2.86. The zero-order valence-corrected chi connectivity index (χ0v) is 13.3. The van der Waals surface area contributed by atoms with Crippen LogP contribution in [-0.2, 0) is 19.1 Å². The maximum absolute atomic E-state index is 12.1. The average Bonchev–Trinajstić information content (AvgIpc) is 2.59. The number of nitrogens with one attached hydrogen (secondary N) is 2. The molecule has 24 heavy (non-hydrogen) atoms. The highest BCUT2D eigenvalue weighted by Gasteiger charge is 2.16. The zero-order valence-electron chi connectivity index (χ0n) is 13.3. The molecule has 2 N–H and O–H groups in total. The predicted molar refractivity (Wildman–Crippen MR) is 84.7 cm³/mol. The second-order valence-electron chi connectivity index (χ2n) is 4.35. The molecule has 0 aliphatic heterocycles. The molecule has 1 aromatic carbocycles. The van der Waals surface area contributed by atoms with Gasteiger partial charge in [0, 0.05) is 6.20 Å². The fraction of sp³-hybridized carbons (Fsp3) is 0.250. The summed E-state index contributed by atoms with van der Waals surface area (Å²) in [5, 5.41) is 14.0. The van der Waals surface area contributed by atoms with Gasteiger partial charge in [-0.15, -0.1) is 0 Å². The molecule has 1 rings (SSSR count). The first-order valence-corrected chi connectivity index (χ1v) is 7.01. The molecule has 126 valence electrons. The number of hydrogen-bond acceptors (Lipinski definition) is 7. The van der Waals surface area contributed by atoms with E-state index in [9.17, 15) is 14.4 Å². The number of methoxy groups -OCH3 is 1. The minimum atomic E-state index is -0.730. The van der Waals surface area contributed by atoms with Crippen molar-refractivity contribution in [3.63, 3.8) is 0 Å². The fourth-order valence-electron chi connectivity index (χ4n) is 1.63. The van der Waals surface area contributed by atoms with E-state index in [1.165, 1.54) is 19.2 Å². The lowest BCUT2D eigenvalue weighted by molar-refractivity contribution is -0.139. The number of ether oxygens (including phenoxy) is 2. The van der Waals surface area contributed by atoms with Crippen molar-refractivity contribution in [2.24, 2.45) is 0 Å². The van der Waals surface area contributed by atoms with Gasteiger partial charge in [0.15, 0.2) is 0 Å². The van der Waals surface area contributed by atoms with Crippen LogP contribution < -0.4 is 10.6 Å². The van der Waals surface area contributed by atoms with Crippen LogP contribution in [0.4, 0.5) is 5.69 Å². The molecule has 1 aromatic rings. The van der Waals surface area contributed by atoms with Crippen molar-refractivity contribution in [1.82, 2.24) is 5.32 Å². The van der Waals surface area contributed by atoms with Gasteiger partial charge in [-0.05, 0) is 19.1 Å². The van der Waals surface area contributed by atoms with E-state index in [1.807, 2.05) is 0 Å². The van der Waals surface area contributed by atoms with Gasteiger partial charge in [-0.3, -0.25) is 9.59 Å². The largest absolute Gasteiger partial charge is 0.468 e. The maximum Gasteiger partial charge on any atom is 0.340 e. The lowest BCUT2D eigenvalue weighted by atomic mass is 10.1. The van der Waals surface area contributed by atoms with Crippen LogP contribution in [0.15, 0.2) is 36.0 Å². The SMILES string of the molecule is CCOC(=O)c1ccccc1NC(=O)/C(C#N)=C\NCC(=O)OC. The van der Waals surface area contributed by atoms with Crippen molar-refractivity contribution in [2.75, 3.05) is 25.6 Å². The van der Waals surface area contributed by atoms with E-state index in [-0.39, 0.29) is 30.0 Å². The van der Waals surface area contributed by atoms with E-state index >= 15 is 0 Å². The first-order valence-electron chi connectivity index (χ1n) is 7.01. The minimum absolute atomic E-state index is 0.174. The molecule has 0 saturated heterocycles. The van der Waals surface area contributed by atoms with Crippen LogP contribution in [0.25, 0.3) is 0 Å². The first-order chi connectivity index (χ1) is 11.5. The Hall–Kier alpha value is -3.34. The Morgan fingerprint density at radius 2 is 2.00 bits per heavy atom. The Morgan fingerprint density at radius 1 is 1.29 bits per heavy atom. The molecule has 0 heterocycles. The van der Waals surface area contributed by atoms with Gasteiger partial charge in [0.2, 0.25) is 0 Å². The molecule has 8 nitrogen and oxygen atoms in total. The van der Waals surface area contributed by atoms with Crippen LogP contribution in [0.5, 0.6) is 0 Å².